The maximum atomic E-state index is 12.3. The first-order valence-corrected chi connectivity index (χ1v) is 9.25. The third-order valence-corrected chi connectivity index (χ3v) is 5.14. The van der Waals surface area contributed by atoms with Gasteiger partial charge in [0, 0.05) is 11.3 Å². The molecule has 3 aromatic rings. The second-order valence-electron chi connectivity index (χ2n) is 5.23. The van der Waals surface area contributed by atoms with Crippen molar-refractivity contribution in [2.24, 2.45) is 0 Å². The number of benzene rings is 1. The SMILES string of the molecule is CC(=O)c1ccc(NC(=O)C(C)Sc2nnc(-c3cccs3)o2)cc1. The van der Waals surface area contributed by atoms with E-state index in [9.17, 15) is 9.59 Å². The molecule has 0 spiro atoms. The first-order valence-electron chi connectivity index (χ1n) is 7.49. The minimum absolute atomic E-state index is 0.0141. The van der Waals surface area contributed by atoms with Gasteiger partial charge < -0.3 is 9.73 Å². The molecule has 0 aliphatic rings. The molecule has 0 radical (unpaired) electrons. The summed E-state index contributed by atoms with van der Waals surface area (Å²) in [6, 6.07) is 10.6. The van der Waals surface area contributed by atoms with Gasteiger partial charge in [-0.2, -0.15) is 0 Å². The fraction of sp³-hybridized carbons (Fsp3) is 0.176. The molecule has 0 aliphatic heterocycles. The van der Waals surface area contributed by atoms with Gasteiger partial charge in [0.1, 0.15) is 0 Å². The Balaban J connectivity index is 1.60. The summed E-state index contributed by atoms with van der Waals surface area (Å²) in [7, 11) is 0. The van der Waals surface area contributed by atoms with Crippen LogP contribution in [0.1, 0.15) is 24.2 Å². The van der Waals surface area contributed by atoms with E-state index in [1.807, 2.05) is 17.5 Å². The highest BCUT2D eigenvalue weighted by Gasteiger charge is 2.19. The molecule has 1 N–H and O–H groups in total. The summed E-state index contributed by atoms with van der Waals surface area (Å²) >= 11 is 2.71. The fourth-order valence-electron chi connectivity index (χ4n) is 1.99. The molecule has 0 bridgehead atoms. The van der Waals surface area contributed by atoms with Gasteiger partial charge in [0.2, 0.25) is 5.91 Å². The summed E-state index contributed by atoms with van der Waals surface area (Å²) in [5.41, 5.74) is 1.24. The maximum Gasteiger partial charge on any atom is 0.277 e. The highest BCUT2D eigenvalue weighted by atomic mass is 32.2. The van der Waals surface area contributed by atoms with Crippen molar-refractivity contribution < 1.29 is 14.0 Å². The van der Waals surface area contributed by atoms with E-state index in [0.717, 1.165) is 4.88 Å². The first kappa shape index (κ1) is 17.4. The summed E-state index contributed by atoms with van der Waals surface area (Å²) in [5.74, 6) is 0.251. The number of nitrogens with one attached hydrogen (secondary N) is 1. The van der Waals surface area contributed by atoms with Crippen molar-refractivity contribution in [2.45, 2.75) is 24.3 Å². The molecule has 8 heteroatoms. The average molecular weight is 373 g/mol. The molecule has 0 aliphatic carbocycles. The topological polar surface area (TPSA) is 85.1 Å². The van der Waals surface area contributed by atoms with E-state index < -0.39 is 5.25 Å². The lowest BCUT2D eigenvalue weighted by Gasteiger charge is -2.10. The van der Waals surface area contributed by atoms with Crippen LogP contribution in [0.5, 0.6) is 0 Å². The molecule has 1 aromatic carbocycles. The van der Waals surface area contributed by atoms with E-state index in [4.69, 9.17) is 4.42 Å². The number of thioether (sulfide) groups is 1. The molecule has 2 aromatic heterocycles. The van der Waals surface area contributed by atoms with E-state index in [1.165, 1.54) is 30.0 Å². The van der Waals surface area contributed by atoms with Gasteiger partial charge in [-0.05, 0) is 49.6 Å². The molecular weight excluding hydrogens is 358 g/mol. The molecule has 1 atom stereocenters. The predicted molar refractivity (Wildman–Crippen MR) is 98.0 cm³/mol. The summed E-state index contributed by atoms with van der Waals surface area (Å²) in [4.78, 5) is 24.4. The van der Waals surface area contributed by atoms with Gasteiger partial charge in [0.25, 0.3) is 11.1 Å². The highest BCUT2D eigenvalue weighted by Crippen LogP contribution is 2.28. The van der Waals surface area contributed by atoms with Crippen LogP contribution in [0.2, 0.25) is 0 Å². The second-order valence-corrected chi connectivity index (χ2v) is 7.47. The summed E-state index contributed by atoms with van der Waals surface area (Å²) < 4.78 is 5.57. The molecule has 1 amide bonds. The Morgan fingerprint density at radius 2 is 1.96 bits per heavy atom. The standard InChI is InChI=1S/C17H15N3O3S2/c1-10(21)12-5-7-13(8-6-12)18-15(22)11(2)25-17-20-19-16(23-17)14-4-3-9-24-14/h3-9,11H,1-2H3,(H,18,22). The van der Waals surface area contributed by atoms with E-state index >= 15 is 0 Å². The van der Waals surface area contributed by atoms with Gasteiger partial charge in [-0.15, -0.1) is 21.5 Å². The number of ketones is 1. The van der Waals surface area contributed by atoms with Crippen LogP contribution in [0.4, 0.5) is 5.69 Å². The van der Waals surface area contributed by atoms with Crippen molar-refractivity contribution in [1.82, 2.24) is 10.2 Å². The van der Waals surface area contributed by atoms with Crippen molar-refractivity contribution >= 4 is 40.5 Å². The largest absolute Gasteiger partial charge is 0.410 e. The number of rotatable bonds is 6. The van der Waals surface area contributed by atoms with Gasteiger partial charge >= 0.3 is 0 Å². The van der Waals surface area contributed by atoms with E-state index in [1.54, 1.807) is 31.2 Å². The van der Waals surface area contributed by atoms with Gasteiger partial charge in [0.15, 0.2) is 5.78 Å². The van der Waals surface area contributed by atoms with E-state index in [-0.39, 0.29) is 11.7 Å². The minimum Gasteiger partial charge on any atom is -0.410 e. The monoisotopic (exact) mass is 373 g/mol. The molecule has 0 fully saturated rings. The summed E-state index contributed by atoms with van der Waals surface area (Å²) in [6.45, 7) is 3.26. The van der Waals surface area contributed by atoms with Gasteiger partial charge in [-0.3, -0.25) is 9.59 Å². The van der Waals surface area contributed by atoms with Crippen LogP contribution in [0.15, 0.2) is 51.4 Å². The van der Waals surface area contributed by atoms with Crippen molar-refractivity contribution in [3.8, 4) is 10.8 Å². The third-order valence-electron chi connectivity index (χ3n) is 3.34. The van der Waals surface area contributed by atoms with Crippen molar-refractivity contribution in [1.29, 1.82) is 0 Å². The lowest BCUT2D eigenvalue weighted by molar-refractivity contribution is -0.115. The van der Waals surface area contributed by atoms with Gasteiger partial charge in [0.05, 0.1) is 10.1 Å². The van der Waals surface area contributed by atoms with Crippen LogP contribution in [0.3, 0.4) is 0 Å². The van der Waals surface area contributed by atoms with E-state index in [2.05, 4.69) is 15.5 Å². The molecule has 128 valence electrons. The van der Waals surface area contributed by atoms with Crippen LogP contribution in [-0.4, -0.2) is 27.1 Å². The van der Waals surface area contributed by atoms with E-state index in [0.29, 0.717) is 22.4 Å². The zero-order valence-electron chi connectivity index (χ0n) is 13.6. The maximum absolute atomic E-state index is 12.3. The highest BCUT2D eigenvalue weighted by molar-refractivity contribution is 8.00. The second kappa shape index (κ2) is 7.62. The summed E-state index contributed by atoms with van der Waals surface area (Å²) in [6.07, 6.45) is 0. The van der Waals surface area contributed by atoms with Crippen LogP contribution in [-0.2, 0) is 4.79 Å². The van der Waals surface area contributed by atoms with Gasteiger partial charge in [-0.25, -0.2) is 0 Å². The van der Waals surface area contributed by atoms with Crippen LogP contribution in [0, 0.1) is 0 Å². The molecule has 25 heavy (non-hydrogen) atoms. The lowest BCUT2D eigenvalue weighted by Crippen LogP contribution is -2.22. The number of carbonyl (C=O) groups is 2. The Kier molecular flexibility index (Phi) is 5.30. The molecule has 1 unspecified atom stereocenters. The number of anilines is 1. The number of hydrogen-bond donors (Lipinski definition) is 1. The molecule has 6 nitrogen and oxygen atoms in total. The zero-order chi connectivity index (χ0) is 17.8. The van der Waals surface area contributed by atoms with Crippen LogP contribution < -0.4 is 5.32 Å². The Morgan fingerprint density at radius 1 is 1.20 bits per heavy atom. The first-order chi connectivity index (χ1) is 12.0. The Labute approximate surface area is 152 Å². The molecule has 0 saturated carbocycles. The average Bonchev–Trinajstić information content (AvgIpc) is 3.26. The Morgan fingerprint density at radius 3 is 2.60 bits per heavy atom. The number of Topliss-reactive ketones (excluding diaryl/α,β-unsaturated/α-hetero) is 1. The number of hydrogen-bond acceptors (Lipinski definition) is 7. The predicted octanol–water partition coefficient (Wildman–Crippen LogP) is 4.12. The number of nitrogens with zero attached hydrogens (tertiary/aromatic N) is 2. The molecule has 2 heterocycles. The molecule has 3 rings (SSSR count). The van der Waals surface area contributed by atoms with Crippen LogP contribution >= 0.6 is 23.1 Å². The van der Waals surface area contributed by atoms with Gasteiger partial charge in [-0.1, -0.05) is 17.8 Å². The fourth-order valence-corrected chi connectivity index (χ4v) is 3.32. The zero-order valence-corrected chi connectivity index (χ0v) is 15.2. The van der Waals surface area contributed by atoms with Crippen molar-refractivity contribution in [3.63, 3.8) is 0 Å². The third kappa shape index (κ3) is 4.34. The Bertz CT molecular complexity index is 873. The van der Waals surface area contributed by atoms with Crippen molar-refractivity contribution in [2.75, 3.05) is 5.32 Å². The summed E-state index contributed by atoms with van der Waals surface area (Å²) in [5, 5.41) is 12.6. The quantitative estimate of drug-likeness (QED) is 0.517. The number of aromatic nitrogens is 2. The van der Waals surface area contributed by atoms with Crippen molar-refractivity contribution in [3.05, 3.63) is 47.3 Å². The Hall–Kier alpha value is -2.45. The minimum atomic E-state index is -0.413. The number of amides is 1. The smallest absolute Gasteiger partial charge is 0.277 e. The van der Waals surface area contributed by atoms with Crippen LogP contribution in [0.25, 0.3) is 10.8 Å². The molecule has 0 saturated heterocycles. The number of carbonyl (C=O) groups excluding carboxylic acids is 2. The lowest BCUT2D eigenvalue weighted by atomic mass is 10.1. The normalized spacial score (nSPS) is 11.9. The molecular formula is C17H15N3O3S2. The number of thiophene rings is 1.